The first kappa shape index (κ1) is 24.2. The third kappa shape index (κ3) is 5.18. The molecule has 5 aromatic rings. The Labute approximate surface area is 216 Å². The summed E-state index contributed by atoms with van der Waals surface area (Å²) in [6.45, 7) is 8.26. The molecule has 0 atom stereocenters. The summed E-state index contributed by atoms with van der Waals surface area (Å²) in [6.07, 6.45) is 3.70. The number of halogens is 1. The van der Waals surface area contributed by atoms with E-state index in [1.165, 1.54) is 16.7 Å². The molecule has 0 saturated heterocycles. The minimum Gasteiger partial charge on any atom is -0.481 e. The summed E-state index contributed by atoms with van der Waals surface area (Å²) >= 11 is 6.68. The lowest BCUT2D eigenvalue weighted by Crippen LogP contribution is -2.23. The smallest absolute Gasteiger partial charge is 0.218 e. The molecule has 6 heteroatoms. The number of benzene rings is 2. The van der Waals surface area contributed by atoms with Crippen molar-refractivity contribution in [2.45, 2.75) is 40.4 Å². The van der Waals surface area contributed by atoms with Gasteiger partial charge in [0.1, 0.15) is 5.15 Å². The van der Waals surface area contributed by atoms with Gasteiger partial charge in [-0.05, 0) is 73.9 Å². The van der Waals surface area contributed by atoms with Crippen molar-refractivity contribution in [1.82, 2.24) is 19.9 Å². The Hall–Kier alpha value is -3.54. The molecular formula is C30H29ClN4O. The lowest BCUT2D eigenvalue weighted by molar-refractivity contribution is 0.242. The Morgan fingerprint density at radius 1 is 0.833 bits per heavy atom. The second-order valence-electron chi connectivity index (χ2n) is 9.45. The highest BCUT2D eigenvalue weighted by molar-refractivity contribution is 6.30. The average molecular weight is 497 g/mol. The van der Waals surface area contributed by atoms with Gasteiger partial charge in [-0.1, -0.05) is 35.4 Å². The second kappa shape index (κ2) is 10.2. The Bertz CT molecular complexity index is 1550. The quantitative estimate of drug-likeness (QED) is 0.228. The predicted molar refractivity (Wildman–Crippen MR) is 146 cm³/mol. The van der Waals surface area contributed by atoms with Crippen LogP contribution in [0.4, 0.5) is 0 Å². The maximum Gasteiger partial charge on any atom is 0.218 e. The Morgan fingerprint density at radius 3 is 2.44 bits per heavy atom. The molecule has 2 aromatic carbocycles. The van der Waals surface area contributed by atoms with Gasteiger partial charge in [0, 0.05) is 53.9 Å². The molecule has 3 aromatic heterocycles. The van der Waals surface area contributed by atoms with Crippen LogP contribution in [0.15, 0.2) is 67.0 Å². The number of pyridine rings is 3. The molecular weight excluding hydrogens is 468 g/mol. The average Bonchev–Trinajstić information content (AvgIpc) is 2.85. The van der Waals surface area contributed by atoms with Crippen molar-refractivity contribution in [3.63, 3.8) is 0 Å². The monoisotopic (exact) mass is 496 g/mol. The number of hydrogen-bond acceptors (Lipinski definition) is 5. The lowest BCUT2D eigenvalue weighted by atomic mass is 10.0. The summed E-state index contributed by atoms with van der Waals surface area (Å²) in [5.74, 6) is 0.641. The van der Waals surface area contributed by atoms with Gasteiger partial charge in [0.25, 0.3) is 0 Å². The van der Waals surface area contributed by atoms with Gasteiger partial charge < -0.3 is 4.74 Å². The van der Waals surface area contributed by atoms with Gasteiger partial charge in [0.2, 0.25) is 5.88 Å². The van der Waals surface area contributed by atoms with Gasteiger partial charge >= 0.3 is 0 Å². The van der Waals surface area contributed by atoms with Gasteiger partial charge in [-0.25, -0.2) is 9.97 Å². The number of rotatable bonds is 7. The van der Waals surface area contributed by atoms with Crippen LogP contribution in [0.1, 0.15) is 33.4 Å². The van der Waals surface area contributed by atoms with Gasteiger partial charge in [0.05, 0.1) is 18.1 Å². The molecule has 0 N–H and O–H groups in total. The first-order chi connectivity index (χ1) is 17.4. The van der Waals surface area contributed by atoms with E-state index in [4.69, 9.17) is 21.3 Å². The van der Waals surface area contributed by atoms with Crippen molar-refractivity contribution in [2.24, 2.45) is 0 Å². The highest BCUT2D eigenvalue weighted by atomic mass is 35.5. The van der Waals surface area contributed by atoms with Crippen LogP contribution in [0, 0.1) is 20.8 Å². The van der Waals surface area contributed by atoms with Crippen molar-refractivity contribution < 1.29 is 4.74 Å². The van der Waals surface area contributed by atoms with E-state index >= 15 is 0 Å². The minimum atomic E-state index is 0.525. The molecule has 0 spiro atoms. The van der Waals surface area contributed by atoms with E-state index in [-0.39, 0.29) is 0 Å². The Balaban J connectivity index is 1.54. The normalized spacial score (nSPS) is 11.5. The molecule has 0 unspecified atom stereocenters. The van der Waals surface area contributed by atoms with E-state index in [1.807, 2.05) is 18.3 Å². The van der Waals surface area contributed by atoms with Crippen LogP contribution in [0.3, 0.4) is 0 Å². The minimum absolute atomic E-state index is 0.525. The molecule has 0 fully saturated rings. The van der Waals surface area contributed by atoms with Crippen LogP contribution in [0.25, 0.3) is 21.8 Å². The van der Waals surface area contributed by atoms with Gasteiger partial charge in [-0.2, -0.15) is 0 Å². The molecule has 0 radical (unpaired) electrons. The van der Waals surface area contributed by atoms with E-state index in [2.05, 4.69) is 78.1 Å². The molecule has 5 rings (SSSR count). The van der Waals surface area contributed by atoms with Crippen molar-refractivity contribution in [3.05, 3.63) is 106 Å². The van der Waals surface area contributed by atoms with Gasteiger partial charge in [0.15, 0.2) is 0 Å². The first-order valence-corrected chi connectivity index (χ1v) is 12.4. The zero-order valence-corrected chi connectivity index (χ0v) is 21.8. The molecule has 182 valence electrons. The van der Waals surface area contributed by atoms with Crippen molar-refractivity contribution in [3.8, 4) is 5.88 Å². The Kier molecular flexibility index (Phi) is 6.86. The molecule has 0 aliphatic rings. The zero-order valence-electron chi connectivity index (χ0n) is 21.0. The van der Waals surface area contributed by atoms with Crippen LogP contribution in [-0.2, 0) is 19.6 Å². The highest BCUT2D eigenvalue weighted by Gasteiger charge is 2.17. The molecule has 3 heterocycles. The zero-order chi connectivity index (χ0) is 25.2. The van der Waals surface area contributed by atoms with E-state index in [1.54, 1.807) is 13.3 Å². The largest absolute Gasteiger partial charge is 0.481 e. The number of aryl methyl sites for hydroxylation is 3. The van der Waals surface area contributed by atoms with Crippen LogP contribution in [0.2, 0.25) is 5.15 Å². The van der Waals surface area contributed by atoms with E-state index in [0.29, 0.717) is 30.7 Å². The van der Waals surface area contributed by atoms with Crippen LogP contribution < -0.4 is 4.74 Å². The lowest BCUT2D eigenvalue weighted by Gasteiger charge is -2.24. The predicted octanol–water partition coefficient (Wildman–Crippen LogP) is 6.97. The van der Waals surface area contributed by atoms with Crippen molar-refractivity contribution >= 4 is 33.4 Å². The summed E-state index contributed by atoms with van der Waals surface area (Å²) in [5.41, 5.74) is 8.58. The second-order valence-corrected chi connectivity index (χ2v) is 9.80. The molecule has 0 bridgehead atoms. The van der Waals surface area contributed by atoms with E-state index in [0.717, 1.165) is 38.5 Å². The maximum absolute atomic E-state index is 6.68. The molecule has 36 heavy (non-hydrogen) atoms. The fourth-order valence-corrected chi connectivity index (χ4v) is 4.98. The number of aromatic nitrogens is 3. The summed E-state index contributed by atoms with van der Waals surface area (Å²) < 4.78 is 5.74. The highest BCUT2D eigenvalue weighted by Crippen LogP contribution is 2.29. The maximum atomic E-state index is 6.68. The summed E-state index contributed by atoms with van der Waals surface area (Å²) in [5, 5.41) is 2.75. The van der Waals surface area contributed by atoms with Gasteiger partial charge in [-0.15, -0.1) is 0 Å². The molecule has 5 nitrogen and oxygen atoms in total. The molecule has 0 saturated carbocycles. The molecule has 0 amide bonds. The number of nitrogens with zero attached hydrogens (tertiary/aromatic N) is 4. The van der Waals surface area contributed by atoms with Crippen molar-refractivity contribution in [2.75, 3.05) is 7.11 Å². The van der Waals surface area contributed by atoms with E-state index < -0.39 is 0 Å². The summed E-state index contributed by atoms with van der Waals surface area (Å²) in [7, 11) is 1.68. The number of fused-ring (bicyclic) bond motifs is 2. The van der Waals surface area contributed by atoms with Crippen LogP contribution in [-0.4, -0.2) is 27.0 Å². The number of ether oxygens (including phenoxy) is 1. The topological polar surface area (TPSA) is 51.1 Å². The molecule has 0 aliphatic heterocycles. The van der Waals surface area contributed by atoms with Gasteiger partial charge in [-0.3, -0.25) is 9.88 Å². The van der Waals surface area contributed by atoms with E-state index in [9.17, 15) is 0 Å². The SMILES string of the molecule is COc1nc2cc(C)cc(C)c2cc1CN(Cc1cccnc1)Cc1cc2cc(C)ccc2nc1Cl. The van der Waals surface area contributed by atoms with Crippen molar-refractivity contribution in [1.29, 1.82) is 0 Å². The van der Waals surface area contributed by atoms with Crippen LogP contribution in [0.5, 0.6) is 5.88 Å². The standard InChI is InChI=1S/C30H29ClN4O/c1-19-7-8-27-23(11-19)13-24(29(31)33-27)17-35(16-22-6-5-9-32-15-22)18-25-14-26-21(3)10-20(2)12-28(26)34-30(25)36-4/h5-15H,16-18H2,1-4H3. The third-order valence-electron chi connectivity index (χ3n) is 6.43. The van der Waals surface area contributed by atoms with Crippen LogP contribution >= 0.6 is 11.6 Å². The number of methoxy groups -OCH3 is 1. The molecule has 0 aliphatic carbocycles. The fourth-order valence-electron chi connectivity index (χ4n) is 4.77. The third-order valence-corrected chi connectivity index (χ3v) is 6.76. The summed E-state index contributed by atoms with van der Waals surface area (Å²) in [4.78, 5) is 16.2. The summed E-state index contributed by atoms with van der Waals surface area (Å²) in [6, 6.07) is 18.9. The fraction of sp³-hybridized carbons (Fsp3) is 0.233. The number of hydrogen-bond donors (Lipinski definition) is 0. The first-order valence-electron chi connectivity index (χ1n) is 12.0. The Morgan fingerprint density at radius 2 is 1.67 bits per heavy atom.